The molecule has 0 unspecified atom stereocenters. The zero-order valence-electron chi connectivity index (χ0n) is 81.1. The molecule has 0 radical (unpaired) electrons. The second kappa shape index (κ2) is 39.5. The van der Waals surface area contributed by atoms with Crippen LogP contribution >= 0.6 is 0 Å². The van der Waals surface area contributed by atoms with Gasteiger partial charge >= 0.3 is 0 Å². The maximum atomic E-state index is 7.90. The molecule has 15 nitrogen and oxygen atoms in total. The minimum Gasteiger partial charge on any atom is -0.509 e. The average molecular weight is 2340 g/mol. The second-order valence-corrected chi connectivity index (χ2v) is 37.1. The fourth-order valence-electron chi connectivity index (χ4n) is 17.4. The third-order valence-corrected chi connectivity index (χ3v) is 24.6. The first kappa shape index (κ1) is 91.0. The summed E-state index contributed by atoms with van der Waals surface area (Å²) >= 11 is 0. The van der Waals surface area contributed by atoms with Crippen LogP contribution in [0.2, 0.25) is 0 Å². The van der Waals surface area contributed by atoms with Crippen molar-refractivity contribution in [3.05, 3.63) is 442 Å². The third kappa shape index (κ3) is 19.9. The maximum Gasteiger partial charge on any atom is 0.136 e. The molecule has 0 fully saturated rings. The Hall–Kier alpha value is -13.8. The summed E-state index contributed by atoms with van der Waals surface area (Å²) in [5, 5.41) is 6.46. The summed E-state index contributed by atoms with van der Waals surface area (Å²) in [6, 6.07) is 117. The number of fused-ring (bicyclic) bond motifs is 9. The minimum absolute atomic E-state index is 0. The van der Waals surface area contributed by atoms with Crippen LogP contribution in [0.5, 0.6) is 34.5 Å². The Labute approximate surface area is 850 Å². The Balaban J connectivity index is 0.000000143. The molecule has 0 saturated heterocycles. The van der Waals surface area contributed by atoms with Crippen molar-refractivity contribution in [1.29, 1.82) is 0 Å². The van der Waals surface area contributed by atoms with Crippen LogP contribution in [0, 0.1) is 91.0 Å². The van der Waals surface area contributed by atoms with Crippen LogP contribution in [0.1, 0.15) is 111 Å². The predicted molar refractivity (Wildman–Crippen MR) is 548 cm³/mol. The molecular formula is C119H101N12O3Pt3-9. The molecule has 0 saturated carbocycles. The van der Waals surface area contributed by atoms with E-state index in [0.717, 1.165) is 122 Å². The van der Waals surface area contributed by atoms with Crippen molar-refractivity contribution < 1.29 is 81.5 Å². The van der Waals surface area contributed by atoms with Crippen molar-refractivity contribution in [3.8, 4) is 63.1 Å². The number of nitrogens with zero attached hydrogens (tertiary/aromatic N) is 12. The number of hydrogen-bond donors (Lipinski definition) is 0. The number of anilines is 6. The third-order valence-electron chi connectivity index (χ3n) is 24.6. The van der Waals surface area contributed by atoms with Crippen molar-refractivity contribution in [2.45, 2.75) is 113 Å². The van der Waals surface area contributed by atoms with E-state index in [0.29, 0.717) is 40.3 Å². The number of ether oxygens (including phenoxy) is 3. The van der Waals surface area contributed by atoms with Crippen molar-refractivity contribution >= 4 is 99.5 Å². The molecule has 0 aliphatic carbocycles. The van der Waals surface area contributed by atoms with E-state index >= 15 is 0 Å². The zero-order valence-corrected chi connectivity index (χ0v) is 84.9. The molecule has 6 aromatic heterocycles. The quantitative estimate of drug-likeness (QED) is 0.0861. The van der Waals surface area contributed by atoms with Gasteiger partial charge in [-0.15, -0.1) is 144 Å². The van der Waals surface area contributed by atoms with E-state index in [2.05, 4.69) is 335 Å². The average Bonchev–Trinajstić information content (AvgIpc) is 1.59. The Kier molecular flexibility index (Phi) is 26.2. The van der Waals surface area contributed by atoms with Gasteiger partial charge in [0.1, 0.15) is 17.5 Å². The van der Waals surface area contributed by atoms with Crippen molar-refractivity contribution in [1.82, 2.24) is 28.7 Å². The maximum absolute atomic E-state index is 7.90. The number of benzene rings is 13. The molecule has 0 amide bonds. The first-order chi connectivity index (χ1) is 66.0. The van der Waals surface area contributed by atoms with Crippen LogP contribution in [0.4, 0.5) is 34.1 Å². The van der Waals surface area contributed by atoms with Gasteiger partial charge in [-0.1, -0.05) is 194 Å². The Bertz CT molecular complexity index is 7890. The van der Waals surface area contributed by atoms with Crippen LogP contribution in [-0.2, 0) is 79.4 Å². The predicted octanol–water partition coefficient (Wildman–Crippen LogP) is 29.6. The number of rotatable bonds is 16. The summed E-state index contributed by atoms with van der Waals surface area (Å²) < 4.78 is 49.0. The fraction of sp³-hybridized carbons (Fsp3) is 0.143. The summed E-state index contributed by atoms with van der Waals surface area (Å²) in [5.74, 6) is 5.69. The smallest absolute Gasteiger partial charge is 0.136 e. The largest absolute Gasteiger partial charge is 0.509 e. The Morgan fingerprint density at radius 1 is 0.285 bits per heavy atom. The molecular weight excluding hydrogens is 2230 g/mol. The number of aromatic nitrogens is 6. The van der Waals surface area contributed by atoms with Gasteiger partial charge < -0.3 is 57.3 Å². The summed E-state index contributed by atoms with van der Waals surface area (Å²) in [5.41, 5.74) is 23.3. The number of aryl methyl sites for hydroxylation is 5. The summed E-state index contributed by atoms with van der Waals surface area (Å²) in [6.07, 6.45) is 17.5. The Morgan fingerprint density at radius 2 is 0.686 bits per heavy atom. The summed E-state index contributed by atoms with van der Waals surface area (Å²) in [7, 11) is 0. The number of hydrogen-bond acceptors (Lipinski definition) is 12. The van der Waals surface area contributed by atoms with Gasteiger partial charge in [-0.3, -0.25) is 0 Å². The van der Waals surface area contributed by atoms with E-state index in [1.807, 2.05) is 187 Å². The van der Waals surface area contributed by atoms with E-state index in [-0.39, 0.29) is 85.0 Å². The molecule has 137 heavy (non-hydrogen) atoms. The molecule has 22 rings (SSSR count). The normalized spacial score (nSPS) is 13.5. The van der Waals surface area contributed by atoms with Crippen LogP contribution in [0.3, 0.4) is 0 Å². The first-order valence-electron chi connectivity index (χ1n) is 46.5. The van der Waals surface area contributed by atoms with Gasteiger partial charge in [-0.25, -0.2) is 15.0 Å². The molecule has 13 aromatic carbocycles. The van der Waals surface area contributed by atoms with Crippen molar-refractivity contribution in [3.63, 3.8) is 0 Å². The number of pyridine rings is 3. The second-order valence-electron chi connectivity index (χ2n) is 37.1. The van der Waals surface area contributed by atoms with Gasteiger partial charge in [0.2, 0.25) is 0 Å². The minimum atomic E-state index is -2.25. The van der Waals surface area contributed by atoms with Crippen molar-refractivity contribution in [2.75, 3.05) is 29.4 Å². The first-order valence-corrected chi connectivity index (χ1v) is 45.0. The van der Waals surface area contributed by atoms with Gasteiger partial charge in [0.05, 0.1) is 0 Å². The van der Waals surface area contributed by atoms with Gasteiger partial charge in [0, 0.05) is 154 Å². The van der Waals surface area contributed by atoms with Gasteiger partial charge in [0.15, 0.2) is 0 Å². The monoisotopic (exact) mass is 2330 g/mol. The standard InChI is InChI=1S/C41H31N4O.C40H37N4O.C38H33N4O.3Pt/c1-28-22-30(3)39(23-29(28)2)44-21-20-43(27-44)33-12-9-13-34(25-33)46-35-16-17-37-36-14-7-8-15-38(36)45(40(37)26-35)41-24-32(18-19-42-41)31-10-5-4-6-11-31;1-39(2,3)28-22-29(40(4,5)6)24-31(23-28)43-21-20-42(27-43)30-12-11-13-32(25-30)45-33-17-18-35-34-14-7-8-15-36(34)44(37(35)26-33)38-16-9-10-19-41-38;1-26-17-18-39-37(21-26)42-35-12-7-6-11-32(35)33-15-14-31(24-36(33)42)43-30-10-8-9-29(23-30)40-19-20-41(25-40)34-16-13-28(22-27(34)2)38(3,4)5;;;/h4-24,27H,1-3H3;7-24,27H,1-6H3;6-22,25H,1-5H3;;;/q3*-3;;;/i;;1D3;;;. The van der Waals surface area contributed by atoms with Crippen LogP contribution in [0.25, 0.3) is 94.0 Å². The molecule has 9 heterocycles. The SMILES string of the molecule is CC(C)(C)c1cc(N2C=CN(c3[c-]c(Oc4[c-]c5c(cc4)c4ccccc4n5-c4ccccn4)ccc3)[CH-]2)cc(C(C)(C)C)c1.Cc1cc(C)c(N2C=CN(c3[c-]c(Oc4[c-]c5c(cc4)c4ccccc4n5-c4cc(-c5ccccc5)ccn4)ccc3)[CH-]2)cc1C.[2H]C([2H])([2H])c1ccnc(-n2c3[c-]c(Oc4[c-]c(N5C=CN(c6ccc(C(C)(C)C)cc6C)[CH-]5)ccc4)ccc3c3ccccc32)c1.[Pt].[Pt].[Pt]. The van der Waals surface area contributed by atoms with E-state index in [1.54, 1.807) is 6.07 Å². The molecule has 3 aliphatic rings. The van der Waals surface area contributed by atoms with Crippen molar-refractivity contribution in [2.24, 2.45) is 0 Å². The van der Waals surface area contributed by atoms with E-state index in [1.165, 1.54) is 51.2 Å². The van der Waals surface area contributed by atoms with Gasteiger partial charge in [-0.2, -0.15) is 36.4 Å². The van der Waals surface area contributed by atoms with E-state index < -0.39 is 6.85 Å². The number of para-hydroxylation sites is 3. The van der Waals surface area contributed by atoms with E-state index in [9.17, 15) is 0 Å². The molecule has 18 heteroatoms. The molecule has 3 aliphatic heterocycles. The molecule has 0 bridgehead atoms. The van der Waals surface area contributed by atoms with Gasteiger partial charge in [-0.05, 0) is 239 Å². The van der Waals surface area contributed by atoms with Gasteiger partial charge in [0.25, 0.3) is 0 Å². The zero-order chi connectivity index (χ0) is 94.8. The van der Waals surface area contributed by atoms with Crippen LogP contribution < -0.4 is 43.6 Å². The van der Waals surface area contributed by atoms with E-state index in [4.69, 9.17) is 23.3 Å². The molecule has 0 atom stereocenters. The topological polar surface area (TPSA) is 101 Å². The Morgan fingerprint density at radius 3 is 1.15 bits per heavy atom. The van der Waals surface area contributed by atoms with Crippen LogP contribution in [0.15, 0.2) is 341 Å². The molecule has 0 spiro atoms. The summed E-state index contributed by atoms with van der Waals surface area (Å²) in [4.78, 5) is 26.5. The molecule has 19 aromatic rings. The summed E-state index contributed by atoms with van der Waals surface area (Å²) in [6.45, 7) is 32.8. The molecule has 694 valence electrons. The van der Waals surface area contributed by atoms with Crippen LogP contribution in [-0.4, -0.2) is 28.7 Å². The molecule has 0 N–H and O–H groups in total. The fourth-order valence-corrected chi connectivity index (χ4v) is 17.4.